The summed E-state index contributed by atoms with van der Waals surface area (Å²) < 4.78 is 12.8. The molecule has 2 aromatic heterocycles. The number of para-hydroxylation sites is 2. The van der Waals surface area contributed by atoms with E-state index in [9.17, 15) is 0 Å². The maximum absolute atomic E-state index is 5.43. The van der Waals surface area contributed by atoms with Gasteiger partial charge in [-0.1, -0.05) is 24.3 Å². The number of hydrazone groups is 1. The normalized spacial score (nSPS) is 11.4. The summed E-state index contributed by atoms with van der Waals surface area (Å²) in [7, 11) is 5.20. The first-order chi connectivity index (χ1) is 13.2. The molecule has 7 nitrogen and oxygen atoms in total. The molecule has 7 heteroatoms. The number of hydrogen-bond acceptors (Lipinski definition) is 6. The predicted octanol–water partition coefficient (Wildman–Crippen LogP) is 3.58. The fraction of sp³-hybridized carbons (Fsp3) is 0.150. The topological polar surface area (TPSA) is 73.6 Å². The molecule has 0 saturated heterocycles. The molecule has 2 heterocycles. The Labute approximate surface area is 156 Å². The zero-order valence-corrected chi connectivity index (χ0v) is 15.3. The van der Waals surface area contributed by atoms with Gasteiger partial charge in [-0.3, -0.25) is 5.43 Å². The third-order valence-electron chi connectivity index (χ3n) is 4.49. The van der Waals surface area contributed by atoms with Crippen LogP contribution in [0.3, 0.4) is 0 Å². The average Bonchev–Trinajstić information content (AvgIpc) is 3.01. The first-order valence-electron chi connectivity index (χ1n) is 8.42. The van der Waals surface area contributed by atoms with Gasteiger partial charge in [0.05, 0.1) is 26.0 Å². The van der Waals surface area contributed by atoms with Gasteiger partial charge in [-0.05, 0) is 18.2 Å². The van der Waals surface area contributed by atoms with Crippen molar-refractivity contribution in [1.29, 1.82) is 0 Å². The molecule has 27 heavy (non-hydrogen) atoms. The number of ether oxygens (including phenoxy) is 2. The number of benzene rings is 2. The van der Waals surface area contributed by atoms with Crippen molar-refractivity contribution in [3.8, 4) is 11.5 Å². The van der Waals surface area contributed by atoms with Crippen molar-refractivity contribution in [3.63, 3.8) is 0 Å². The molecule has 0 radical (unpaired) electrons. The van der Waals surface area contributed by atoms with Gasteiger partial charge in [0.1, 0.15) is 17.4 Å². The van der Waals surface area contributed by atoms with E-state index >= 15 is 0 Å². The summed E-state index contributed by atoms with van der Waals surface area (Å²) in [5.74, 6) is 1.92. The highest BCUT2D eigenvalue weighted by Crippen LogP contribution is 2.31. The average molecular weight is 361 g/mol. The highest BCUT2D eigenvalue weighted by atomic mass is 16.5. The third-order valence-corrected chi connectivity index (χ3v) is 4.49. The van der Waals surface area contributed by atoms with Crippen LogP contribution in [-0.2, 0) is 7.05 Å². The predicted molar refractivity (Wildman–Crippen MR) is 107 cm³/mol. The van der Waals surface area contributed by atoms with E-state index in [1.54, 1.807) is 26.8 Å². The van der Waals surface area contributed by atoms with Crippen molar-refractivity contribution in [1.82, 2.24) is 14.5 Å². The number of methoxy groups -OCH3 is 2. The van der Waals surface area contributed by atoms with Crippen LogP contribution >= 0.6 is 0 Å². The van der Waals surface area contributed by atoms with Gasteiger partial charge in [-0.15, -0.1) is 0 Å². The molecule has 0 bridgehead atoms. The monoisotopic (exact) mass is 361 g/mol. The largest absolute Gasteiger partial charge is 0.493 e. The van der Waals surface area contributed by atoms with E-state index in [0.29, 0.717) is 17.3 Å². The van der Waals surface area contributed by atoms with Crippen molar-refractivity contribution in [3.05, 3.63) is 54.4 Å². The zero-order valence-electron chi connectivity index (χ0n) is 15.3. The van der Waals surface area contributed by atoms with Crippen LogP contribution in [0.2, 0.25) is 0 Å². The molecular formula is C20H19N5O2. The first kappa shape index (κ1) is 16.8. The second-order valence-corrected chi connectivity index (χ2v) is 5.95. The van der Waals surface area contributed by atoms with E-state index in [0.717, 1.165) is 27.5 Å². The minimum atomic E-state index is 0.628. The Balaban J connectivity index is 1.72. The lowest BCUT2D eigenvalue weighted by Crippen LogP contribution is -2.00. The fourth-order valence-corrected chi connectivity index (χ4v) is 3.24. The maximum atomic E-state index is 5.43. The van der Waals surface area contributed by atoms with Crippen LogP contribution in [0.5, 0.6) is 11.5 Å². The number of anilines is 1. The van der Waals surface area contributed by atoms with Crippen LogP contribution in [0.1, 0.15) is 5.56 Å². The van der Waals surface area contributed by atoms with Gasteiger partial charge in [0.2, 0.25) is 0 Å². The summed E-state index contributed by atoms with van der Waals surface area (Å²) in [6, 6.07) is 13.8. The van der Waals surface area contributed by atoms with Crippen LogP contribution in [0.25, 0.3) is 21.9 Å². The molecule has 0 aliphatic carbocycles. The molecule has 0 aliphatic heterocycles. The van der Waals surface area contributed by atoms with Gasteiger partial charge < -0.3 is 14.0 Å². The molecule has 2 aromatic carbocycles. The van der Waals surface area contributed by atoms with Gasteiger partial charge in [0, 0.05) is 18.0 Å². The van der Waals surface area contributed by atoms with E-state index in [4.69, 9.17) is 9.47 Å². The van der Waals surface area contributed by atoms with Crippen molar-refractivity contribution in [2.24, 2.45) is 12.1 Å². The zero-order chi connectivity index (χ0) is 18.8. The Morgan fingerprint density at radius 3 is 2.70 bits per heavy atom. The number of aromatic nitrogens is 3. The van der Waals surface area contributed by atoms with E-state index in [1.165, 1.54) is 0 Å². The highest BCUT2D eigenvalue weighted by Gasteiger charge is 2.13. The molecule has 1 N–H and O–H groups in total. The van der Waals surface area contributed by atoms with Crippen LogP contribution in [-0.4, -0.2) is 35.0 Å². The molecular weight excluding hydrogens is 342 g/mol. The lowest BCUT2D eigenvalue weighted by atomic mass is 10.2. The van der Waals surface area contributed by atoms with E-state index in [2.05, 4.69) is 37.2 Å². The molecule has 0 atom stereocenters. The minimum Gasteiger partial charge on any atom is -0.493 e. The number of aryl methyl sites for hydroxylation is 1. The first-order valence-corrected chi connectivity index (χ1v) is 8.42. The van der Waals surface area contributed by atoms with Crippen LogP contribution < -0.4 is 14.9 Å². The number of rotatable bonds is 5. The minimum absolute atomic E-state index is 0.628. The van der Waals surface area contributed by atoms with Crippen LogP contribution in [0.4, 0.5) is 5.82 Å². The molecule has 0 saturated carbocycles. The fourth-order valence-electron chi connectivity index (χ4n) is 3.24. The number of hydrogen-bond donors (Lipinski definition) is 1. The van der Waals surface area contributed by atoms with Crippen molar-refractivity contribution in [2.75, 3.05) is 19.6 Å². The lowest BCUT2D eigenvalue weighted by Gasteiger charge is -2.09. The van der Waals surface area contributed by atoms with E-state index in [-0.39, 0.29) is 0 Å². The smallest absolute Gasteiger partial charge is 0.174 e. The lowest BCUT2D eigenvalue weighted by molar-refractivity contribution is 0.354. The second kappa shape index (κ2) is 6.95. The second-order valence-electron chi connectivity index (χ2n) is 5.95. The van der Waals surface area contributed by atoms with Gasteiger partial charge >= 0.3 is 0 Å². The van der Waals surface area contributed by atoms with E-state index < -0.39 is 0 Å². The molecule has 0 aliphatic rings. The Bertz CT molecular complexity index is 1150. The summed E-state index contributed by atoms with van der Waals surface area (Å²) in [4.78, 5) is 8.80. The van der Waals surface area contributed by atoms with Crippen molar-refractivity contribution >= 4 is 34.0 Å². The number of fused-ring (bicyclic) bond motifs is 3. The van der Waals surface area contributed by atoms with Gasteiger partial charge in [0.25, 0.3) is 0 Å². The molecule has 4 rings (SSSR count). The summed E-state index contributed by atoms with van der Waals surface area (Å²) in [6.07, 6.45) is 3.22. The van der Waals surface area contributed by atoms with Gasteiger partial charge in [0.15, 0.2) is 17.3 Å². The molecule has 0 fully saturated rings. The van der Waals surface area contributed by atoms with Crippen LogP contribution in [0.15, 0.2) is 53.9 Å². The molecule has 0 unspecified atom stereocenters. The Hall–Kier alpha value is -3.61. The number of nitrogens with zero attached hydrogens (tertiary/aromatic N) is 4. The quantitative estimate of drug-likeness (QED) is 0.434. The summed E-state index contributed by atoms with van der Waals surface area (Å²) in [6.45, 7) is 0. The van der Waals surface area contributed by atoms with Gasteiger partial charge in [-0.25, -0.2) is 9.97 Å². The highest BCUT2D eigenvalue weighted by molar-refractivity contribution is 6.08. The van der Waals surface area contributed by atoms with Crippen LogP contribution in [0, 0.1) is 0 Å². The molecule has 4 aromatic rings. The Morgan fingerprint density at radius 2 is 1.89 bits per heavy atom. The summed E-state index contributed by atoms with van der Waals surface area (Å²) in [5.41, 5.74) is 6.70. The van der Waals surface area contributed by atoms with Crippen molar-refractivity contribution < 1.29 is 9.47 Å². The van der Waals surface area contributed by atoms with Gasteiger partial charge in [-0.2, -0.15) is 5.10 Å². The number of nitrogens with one attached hydrogen (secondary N) is 1. The molecule has 0 amide bonds. The van der Waals surface area contributed by atoms with E-state index in [1.807, 2.05) is 37.4 Å². The Kier molecular flexibility index (Phi) is 4.33. The Morgan fingerprint density at radius 1 is 1.04 bits per heavy atom. The van der Waals surface area contributed by atoms with Crippen molar-refractivity contribution in [2.45, 2.75) is 0 Å². The standard InChI is InChI=1S/C20H19N5O2/c1-25-15-9-5-4-8-14(15)17-18(25)20(22-12-21-17)24-23-11-13-7-6-10-16(26-2)19(13)27-3/h4-12H,1-3H3,(H,21,22,24). The molecule has 136 valence electrons. The maximum Gasteiger partial charge on any atom is 0.174 e. The summed E-state index contributed by atoms with van der Waals surface area (Å²) in [5, 5.41) is 5.43. The SMILES string of the molecule is COc1cccc(C=NNc2ncnc3c4ccccc4n(C)c23)c1OC. The summed E-state index contributed by atoms with van der Waals surface area (Å²) >= 11 is 0. The third kappa shape index (κ3) is 2.83. The molecule has 0 spiro atoms.